The van der Waals surface area contributed by atoms with E-state index >= 15 is 0 Å². The fraction of sp³-hybridized carbons (Fsp3) is 0.471. The van der Waals surface area contributed by atoms with Gasteiger partial charge >= 0.3 is 0 Å². The van der Waals surface area contributed by atoms with Gasteiger partial charge in [-0.15, -0.1) is 0 Å². The summed E-state index contributed by atoms with van der Waals surface area (Å²) in [7, 11) is 0. The van der Waals surface area contributed by atoms with Crippen LogP contribution in [0.5, 0.6) is 0 Å². The Bertz CT molecular complexity index is 533. The average Bonchev–Trinajstić information content (AvgIpc) is 2.89. The molecule has 0 radical (unpaired) electrons. The zero-order chi connectivity index (χ0) is 15.1. The van der Waals surface area contributed by atoms with E-state index in [1.54, 1.807) is 0 Å². The first-order valence-corrected chi connectivity index (χ1v) is 8.08. The molecule has 0 saturated heterocycles. The van der Waals surface area contributed by atoms with Gasteiger partial charge in [0.2, 0.25) is 0 Å². The number of rotatable bonds is 8. The van der Waals surface area contributed by atoms with E-state index in [-0.39, 0.29) is 0 Å². The maximum Gasteiger partial charge on any atom is 0.110 e. The molecule has 0 spiro atoms. The third-order valence-electron chi connectivity index (χ3n) is 3.58. The molecular weight excluding hydrogens is 282 g/mol. The molecule has 2 rings (SSSR count). The van der Waals surface area contributed by atoms with E-state index in [4.69, 9.17) is 11.6 Å². The Morgan fingerprint density at radius 1 is 1.19 bits per heavy atom. The molecule has 1 aromatic heterocycles. The first kappa shape index (κ1) is 16.1. The van der Waals surface area contributed by atoms with Crippen molar-refractivity contribution in [2.75, 3.05) is 6.54 Å². The summed E-state index contributed by atoms with van der Waals surface area (Å²) in [5.74, 6) is 1.16. The second kappa shape index (κ2) is 8.20. The molecule has 1 aromatic carbocycles. The highest BCUT2D eigenvalue weighted by Gasteiger charge is 2.13. The number of hydrogen-bond acceptors (Lipinski definition) is 2. The van der Waals surface area contributed by atoms with Gasteiger partial charge in [0, 0.05) is 36.4 Å². The molecule has 0 aliphatic heterocycles. The fourth-order valence-electron chi connectivity index (χ4n) is 2.61. The summed E-state index contributed by atoms with van der Waals surface area (Å²) in [5.41, 5.74) is 1.30. The molecule has 3 nitrogen and oxygen atoms in total. The van der Waals surface area contributed by atoms with Crippen molar-refractivity contribution in [2.24, 2.45) is 0 Å². The summed E-state index contributed by atoms with van der Waals surface area (Å²) in [6.45, 7) is 6.34. The lowest BCUT2D eigenvalue weighted by molar-refractivity contribution is 0.495. The summed E-state index contributed by atoms with van der Waals surface area (Å²) >= 11 is 5.95. The van der Waals surface area contributed by atoms with Crippen molar-refractivity contribution in [1.29, 1.82) is 0 Å². The van der Waals surface area contributed by atoms with Crippen LogP contribution in [0.25, 0.3) is 0 Å². The number of imidazole rings is 1. The van der Waals surface area contributed by atoms with Crippen molar-refractivity contribution >= 4 is 11.6 Å². The van der Waals surface area contributed by atoms with E-state index in [0.717, 1.165) is 43.2 Å². The quantitative estimate of drug-likeness (QED) is 0.806. The maximum atomic E-state index is 5.95. The number of halogens is 1. The Balaban J connectivity index is 2.04. The number of hydrogen-bond donors (Lipinski definition) is 1. The molecule has 0 bridgehead atoms. The summed E-state index contributed by atoms with van der Waals surface area (Å²) in [4.78, 5) is 4.51. The highest BCUT2D eigenvalue weighted by molar-refractivity contribution is 6.30. The molecule has 21 heavy (non-hydrogen) atoms. The Kier molecular flexibility index (Phi) is 6.27. The molecule has 0 fully saturated rings. The van der Waals surface area contributed by atoms with E-state index in [2.05, 4.69) is 47.0 Å². The minimum Gasteiger partial charge on any atom is -0.335 e. The van der Waals surface area contributed by atoms with Gasteiger partial charge in [-0.05, 0) is 37.1 Å². The van der Waals surface area contributed by atoms with Gasteiger partial charge in [-0.2, -0.15) is 0 Å². The minimum atomic E-state index is 0.397. The number of aryl methyl sites for hydroxylation is 1. The Morgan fingerprint density at radius 2 is 1.95 bits per heavy atom. The van der Waals surface area contributed by atoms with E-state index < -0.39 is 0 Å². The summed E-state index contributed by atoms with van der Waals surface area (Å²) in [6.07, 6.45) is 7.04. The zero-order valence-electron chi connectivity index (χ0n) is 12.8. The monoisotopic (exact) mass is 305 g/mol. The van der Waals surface area contributed by atoms with Crippen LogP contribution in [-0.4, -0.2) is 22.1 Å². The minimum absolute atomic E-state index is 0.397. The highest BCUT2D eigenvalue weighted by Crippen LogP contribution is 2.13. The molecule has 0 saturated carbocycles. The molecule has 0 amide bonds. The zero-order valence-corrected chi connectivity index (χ0v) is 13.6. The molecule has 2 aromatic rings. The van der Waals surface area contributed by atoms with Crippen LogP contribution in [0.1, 0.15) is 31.7 Å². The van der Waals surface area contributed by atoms with Crippen molar-refractivity contribution in [2.45, 2.75) is 45.7 Å². The standard InChI is InChI=1S/C17H24ClN3/c1-3-10-21-11-9-20-17(21)13-16(19-4-2)12-14-5-7-15(18)8-6-14/h5-9,11,16,19H,3-4,10,12-13H2,1-2H3. The Labute approximate surface area is 132 Å². The first-order valence-electron chi connectivity index (χ1n) is 7.70. The van der Waals surface area contributed by atoms with Crippen molar-refractivity contribution in [3.05, 3.63) is 53.1 Å². The second-order valence-corrected chi connectivity index (χ2v) is 5.76. The smallest absolute Gasteiger partial charge is 0.110 e. The van der Waals surface area contributed by atoms with Crippen LogP contribution in [0, 0.1) is 0 Å². The van der Waals surface area contributed by atoms with Crippen LogP contribution in [0.4, 0.5) is 0 Å². The summed E-state index contributed by atoms with van der Waals surface area (Å²) in [6, 6.07) is 8.51. The molecule has 4 heteroatoms. The second-order valence-electron chi connectivity index (χ2n) is 5.33. The predicted octanol–water partition coefficient (Wildman–Crippen LogP) is 3.71. The molecular formula is C17H24ClN3. The molecule has 114 valence electrons. The van der Waals surface area contributed by atoms with Crippen LogP contribution in [0.15, 0.2) is 36.7 Å². The van der Waals surface area contributed by atoms with Gasteiger partial charge in [0.1, 0.15) is 5.82 Å². The SMILES string of the molecule is CCCn1ccnc1CC(Cc1ccc(Cl)cc1)NCC. The lowest BCUT2D eigenvalue weighted by Gasteiger charge is -2.18. The van der Waals surface area contributed by atoms with Gasteiger partial charge in [0.25, 0.3) is 0 Å². The predicted molar refractivity (Wildman–Crippen MR) is 88.8 cm³/mol. The van der Waals surface area contributed by atoms with Crippen molar-refractivity contribution < 1.29 is 0 Å². The van der Waals surface area contributed by atoms with E-state index in [1.807, 2.05) is 18.3 Å². The van der Waals surface area contributed by atoms with E-state index in [1.165, 1.54) is 5.56 Å². The number of nitrogens with one attached hydrogen (secondary N) is 1. The normalized spacial score (nSPS) is 12.5. The molecule has 0 aliphatic rings. The lowest BCUT2D eigenvalue weighted by atomic mass is 10.0. The number of nitrogens with zero attached hydrogens (tertiary/aromatic N) is 2. The van der Waals surface area contributed by atoms with Gasteiger partial charge in [0.05, 0.1) is 0 Å². The maximum absolute atomic E-state index is 5.95. The number of likely N-dealkylation sites (N-methyl/N-ethyl adjacent to an activating group) is 1. The van der Waals surface area contributed by atoms with Crippen molar-refractivity contribution in [1.82, 2.24) is 14.9 Å². The summed E-state index contributed by atoms with van der Waals surface area (Å²) < 4.78 is 2.26. The molecule has 1 heterocycles. The largest absolute Gasteiger partial charge is 0.335 e. The van der Waals surface area contributed by atoms with Gasteiger partial charge in [0.15, 0.2) is 0 Å². The van der Waals surface area contributed by atoms with Crippen LogP contribution < -0.4 is 5.32 Å². The highest BCUT2D eigenvalue weighted by atomic mass is 35.5. The lowest BCUT2D eigenvalue weighted by Crippen LogP contribution is -2.34. The molecule has 1 atom stereocenters. The van der Waals surface area contributed by atoms with Crippen LogP contribution >= 0.6 is 11.6 Å². The topological polar surface area (TPSA) is 29.9 Å². The number of benzene rings is 1. The Hall–Kier alpha value is -1.32. The average molecular weight is 306 g/mol. The van der Waals surface area contributed by atoms with Crippen molar-refractivity contribution in [3.63, 3.8) is 0 Å². The molecule has 1 unspecified atom stereocenters. The van der Waals surface area contributed by atoms with Crippen LogP contribution in [0.3, 0.4) is 0 Å². The van der Waals surface area contributed by atoms with Crippen molar-refractivity contribution in [3.8, 4) is 0 Å². The fourth-order valence-corrected chi connectivity index (χ4v) is 2.73. The van der Waals surface area contributed by atoms with Gasteiger partial charge in [-0.25, -0.2) is 4.98 Å². The summed E-state index contributed by atoms with van der Waals surface area (Å²) in [5, 5.41) is 4.36. The van der Waals surface area contributed by atoms with Gasteiger partial charge in [-0.1, -0.05) is 37.6 Å². The third-order valence-corrected chi connectivity index (χ3v) is 3.84. The van der Waals surface area contributed by atoms with E-state index in [9.17, 15) is 0 Å². The van der Waals surface area contributed by atoms with Gasteiger partial charge < -0.3 is 9.88 Å². The van der Waals surface area contributed by atoms with Gasteiger partial charge in [-0.3, -0.25) is 0 Å². The molecule has 0 aliphatic carbocycles. The molecule has 1 N–H and O–H groups in total. The number of aromatic nitrogens is 2. The Morgan fingerprint density at radius 3 is 2.62 bits per heavy atom. The third kappa shape index (κ3) is 4.87. The van der Waals surface area contributed by atoms with Crippen LogP contribution in [0.2, 0.25) is 5.02 Å². The van der Waals surface area contributed by atoms with Crippen LogP contribution in [-0.2, 0) is 19.4 Å². The van der Waals surface area contributed by atoms with E-state index in [0.29, 0.717) is 6.04 Å². The first-order chi connectivity index (χ1) is 10.2.